The topological polar surface area (TPSA) is 66.7 Å². The van der Waals surface area contributed by atoms with Crippen LogP contribution in [0.15, 0.2) is 18.5 Å². The van der Waals surface area contributed by atoms with Crippen LogP contribution < -0.4 is 0 Å². The summed E-state index contributed by atoms with van der Waals surface area (Å²) >= 11 is 0. The summed E-state index contributed by atoms with van der Waals surface area (Å²) in [5, 5.41) is 10.5. The van der Waals surface area contributed by atoms with Gasteiger partial charge in [-0.2, -0.15) is 0 Å². The lowest BCUT2D eigenvalue weighted by Crippen LogP contribution is -2.20. The quantitative estimate of drug-likeness (QED) is 0.760. The van der Waals surface area contributed by atoms with Gasteiger partial charge in [-0.15, -0.1) is 0 Å². The first-order chi connectivity index (χ1) is 10.3. The van der Waals surface area contributed by atoms with Crippen LogP contribution in [0.3, 0.4) is 0 Å². The Morgan fingerprint density at radius 1 is 1.33 bits per heavy atom. The second kappa shape index (κ2) is 4.84. The molecule has 110 valence electrons. The molecule has 3 aromatic heterocycles. The number of aromatic amines is 1. The van der Waals surface area contributed by atoms with Crippen molar-refractivity contribution in [3.8, 4) is 0 Å². The molecule has 5 heteroatoms. The average Bonchev–Trinajstić information content (AvgIpc) is 3.10. The molecular weight excluding hydrogens is 264 g/mol. The number of aromatic nitrogens is 4. The van der Waals surface area contributed by atoms with Crippen LogP contribution in [-0.2, 0) is 0 Å². The summed E-state index contributed by atoms with van der Waals surface area (Å²) in [6.45, 7) is 2.40. The minimum atomic E-state index is 0.322. The average molecular weight is 284 g/mol. The highest BCUT2D eigenvalue weighted by atomic mass is 16.3. The molecule has 1 fully saturated rings. The van der Waals surface area contributed by atoms with Crippen molar-refractivity contribution in [3.05, 3.63) is 24.3 Å². The van der Waals surface area contributed by atoms with E-state index in [1.54, 1.807) is 0 Å². The summed E-state index contributed by atoms with van der Waals surface area (Å²) in [6.07, 6.45) is 8.23. The number of rotatable bonds is 2. The lowest BCUT2D eigenvalue weighted by molar-refractivity contribution is 0.169. The Bertz CT molecular complexity index is 780. The molecule has 0 aromatic carbocycles. The molecule has 21 heavy (non-hydrogen) atoms. The number of fused-ring (bicyclic) bond motifs is 3. The third kappa shape index (κ3) is 1.95. The van der Waals surface area contributed by atoms with Gasteiger partial charge in [0, 0.05) is 24.2 Å². The van der Waals surface area contributed by atoms with Gasteiger partial charge in [-0.25, -0.2) is 9.97 Å². The maximum absolute atomic E-state index is 9.32. The lowest BCUT2D eigenvalue weighted by Gasteiger charge is -2.29. The zero-order valence-electron chi connectivity index (χ0n) is 12.2. The van der Waals surface area contributed by atoms with Crippen LogP contribution in [0.2, 0.25) is 0 Å². The van der Waals surface area contributed by atoms with E-state index in [4.69, 9.17) is 4.98 Å². The van der Waals surface area contributed by atoms with Crippen LogP contribution in [0.4, 0.5) is 0 Å². The molecule has 0 amide bonds. The molecule has 0 aliphatic heterocycles. The predicted molar refractivity (Wildman–Crippen MR) is 82.2 cm³/mol. The number of hydrogen-bond acceptors (Lipinski definition) is 3. The van der Waals surface area contributed by atoms with Crippen molar-refractivity contribution in [2.45, 2.75) is 38.6 Å². The van der Waals surface area contributed by atoms with Crippen LogP contribution >= 0.6 is 0 Å². The highest BCUT2D eigenvalue weighted by Gasteiger charge is 2.25. The second-order valence-corrected chi connectivity index (χ2v) is 6.12. The summed E-state index contributed by atoms with van der Waals surface area (Å²) in [5.41, 5.74) is 3.10. The van der Waals surface area contributed by atoms with Crippen LogP contribution in [0.25, 0.3) is 22.1 Å². The normalized spacial score (nSPS) is 23.1. The van der Waals surface area contributed by atoms with Crippen LogP contribution in [-0.4, -0.2) is 31.2 Å². The molecule has 1 aliphatic rings. The molecule has 2 N–H and O–H groups in total. The SMILES string of the molecule is Cc1nc2cnc3[nH]ccc3c2n1C1CCC(CO)CC1. The van der Waals surface area contributed by atoms with E-state index in [-0.39, 0.29) is 0 Å². The molecule has 0 radical (unpaired) electrons. The van der Waals surface area contributed by atoms with Gasteiger partial charge in [-0.1, -0.05) is 0 Å². The van der Waals surface area contributed by atoms with Gasteiger partial charge in [0.2, 0.25) is 0 Å². The van der Waals surface area contributed by atoms with Crippen LogP contribution in [0.1, 0.15) is 37.5 Å². The second-order valence-electron chi connectivity index (χ2n) is 6.12. The Balaban J connectivity index is 1.84. The fourth-order valence-electron chi connectivity index (χ4n) is 3.74. The zero-order chi connectivity index (χ0) is 14.4. The number of nitrogens with zero attached hydrogens (tertiary/aromatic N) is 3. The molecule has 0 unspecified atom stereocenters. The number of aliphatic hydroxyl groups excluding tert-OH is 1. The number of imidazole rings is 1. The van der Waals surface area contributed by atoms with Crippen molar-refractivity contribution in [1.29, 1.82) is 0 Å². The molecule has 1 aliphatic carbocycles. The van der Waals surface area contributed by atoms with Gasteiger partial charge in [0.1, 0.15) is 17.0 Å². The summed E-state index contributed by atoms with van der Waals surface area (Å²) in [6, 6.07) is 2.57. The van der Waals surface area contributed by atoms with Gasteiger partial charge in [0.25, 0.3) is 0 Å². The fraction of sp³-hybridized carbons (Fsp3) is 0.500. The fourth-order valence-corrected chi connectivity index (χ4v) is 3.74. The van der Waals surface area contributed by atoms with Crippen molar-refractivity contribution in [3.63, 3.8) is 0 Å². The molecule has 5 nitrogen and oxygen atoms in total. The number of H-pyrrole nitrogens is 1. The summed E-state index contributed by atoms with van der Waals surface area (Å²) in [7, 11) is 0. The Labute approximate surface area is 123 Å². The lowest BCUT2D eigenvalue weighted by atomic mass is 9.86. The number of hydrogen-bond donors (Lipinski definition) is 2. The van der Waals surface area contributed by atoms with Crippen molar-refractivity contribution in [1.82, 2.24) is 19.5 Å². The first-order valence-corrected chi connectivity index (χ1v) is 7.69. The number of pyridine rings is 1. The van der Waals surface area contributed by atoms with Crippen LogP contribution in [0, 0.1) is 12.8 Å². The van der Waals surface area contributed by atoms with Crippen LogP contribution in [0.5, 0.6) is 0 Å². The van der Waals surface area contributed by atoms with Crippen molar-refractivity contribution in [2.75, 3.05) is 6.61 Å². The van der Waals surface area contributed by atoms with Crippen molar-refractivity contribution in [2.24, 2.45) is 5.92 Å². The third-order valence-corrected chi connectivity index (χ3v) is 4.85. The molecule has 3 aromatic rings. The molecule has 0 spiro atoms. The van der Waals surface area contributed by atoms with E-state index in [1.807, 2.05) is 12.4 Å². The minimum absolute atomic E-state index is 0.322. The molecule has 1 saturated carbocycles. The summed E-state index contributed by atoms with van der Waals surface area (Å²) < 4.78 is 2.39. The van der Waals surface area contributed by atoms with Crippen molar-refractivity contribution < 1.29 is 5.11 Å². The van der Waals surface area contributed by atoms with E-state index < -0.39 is 0 Å². The van der Waals surface area contributed by atoms with E-state index in [2.05, 4.69) is 27.5 Å². The molecule has 0 atom stereocenters. The number of aryl methyl sites for hydroxylation is 1. The van der Waals surface area contributed by atoms with E-state index in [9.17, 15) is 5.11 Å². The minimum Gasteiger partial charge on any atom is -0.396 e. The van der Waals surface area contributed by atoms with E-state index in [1.165, 1.54) is 5.52 Å². The van der Waals surface area contributed by atoms with Gasteiger partial charge < -0.3 is 14.7 Å². The molecule has 3 heterocycles. The summed E-state index contributed by atoms with van der Waals surface area (Å²) in [5.74, 6) is 1.54. The first kappa shape index (κ1) is 12.8. The highest BCUT2D eigenvalue weighted by molar-refractivity contribution is 6.01. The molecule has 4 rings (SSSR count). The van der Waals surface area contributed by atoms with Gasteiger partial charge in [-0.05, 0) is 44.6 Å². The Hall–Kier alpha value is -1.88. The van der Waals surface area contributed by atoms with E-state index >= 15 is 0 Å². The third-order valence-electron chi connectivity index (χ3n) is 4.85. The van der Waals surface area contributed by atoms with E-state index in [0.717, 1.165) is 48.1 Å². The van der Waals surface area contributed by atoms with E-state index in [0.29, 0.717) is 18.6 Å². The molecule has 0 saturated heterocycles. The maximum Gasteiger partial charge on any atom is 0.139 e. The Kier molecular flexibility index (Phi) is 2.96. The van der Waals surface area contributed by atoms with Gasteiger partial charge >= 0.3 is 0 Å². The van der Waals surface area contributed by atoms with Gasteiger partial charge in [-0.3, -0.25) is 0 Å². The largest absolute Gasteiger partial charge is 0.396 e. The summed E-state index contributed by atoms with van der Waals surface area (Å²) in [4.78, 5) is 12.3. The van der Waals surface area contributed by atoms with Gasteiger partial charge in [0.15, 0.2) is 0 Å². The Morgan fingerprint density at radius 2 is 2.14 bits per heavy atom. The zero-order valence-corrected chi connectivity index (χ0v) is 12.2. The maximum atomic E-state index is 9.32. The number of aliphatic hydroxyl groups is 1. The standard InChI is InChI=1S/C16H20N4O/c1-10-19-14-8-18-16-13(6-7-17-16)15(14)20(10)12-4-2-11(9-21)3-5-12/h6-8,11-12,21H,2-5,9H2,1H3,(H,17,18). The Morgan fingerprint density at radius 3 is 2.90 bits per heavy atom. The monoisotopic (exact) mass is 284 g/mol. The molecular formula is C16H20N4O. The smallest absolute Gasteiger partial charge is 0.139 e. The van der Waals surface area contributed by atoms with Gasteiger partial charge in [0.05, 0.1) is 11.7 Å². The first-order valence-electron chi connectivity index (χ1n) is 7.69. The van der Waals surface area contributed by atoms with Crippen molar-refractivity contribution >= 4 is 22.1 Å². The predicted octanol–water partition coefficient (Wildman–Crippen LogP) is 2.94. The molecule has 0 bridgehead atoms. The number of nitrogens with one attached hydrogen (secondary N) is 1. The highest BCUT2D eigenvalue weighted by Crippen LogP contribution is 2.36.